The highest BCUT2D eigenvalue weighted by Crippen LogP contribution is 2.22. The van der Waals surface area contributed by atoms with Gasteiger partial charge in [0, 0.05) is 5.92 Å². The Hall–Kier alpha value is -1.88. The molecule has 0 unspecified atom stereocenters. The summed E-state index contributed by atoms with van der Waals surface area (Å²) < 4.78 is 12.8. The maximum atomic E-state index is 12.8. The molecule has 4 nitrogen and oxygen atoms in total. The van der Waals surface area contributed by atoms with Crippen LogP contribution in [0.25, 0.3) is 0 Å². The van der Waals surface area contributed by atoms with Crippen LogP contribution in [0.1, 0.15) is 30.0 Å². The number of halogens is 1. The van der Waals surface area contributed by atoms with Crippen LogP contribution in [0.4, 0.5) is 4.39 Å². The van der Waals surface area contributed by atoms with E-state index in [1.807, 2.05) is 12.3 Å². The lowest BCUT2D eigenvalue weighted by Gasteiger charge is -2.20. The molecule has 1 fully saturated rings. The van der Waals surface area contributed by atoms with Crippen LogP contribution < -0.4 is 10.2 Å². The molecular weight excluding hydrogens is 257 g/mol. The molecule has 0 radical (unpaired) electrons. The van der Waals surface area contributed by atoms with E-state index in [1.54, 1.807) is 12.1 Å². The van der Waals surface area contributed by atoms with Gasteiger partial charge < -0.3 is 10.2 Å². The van der Waals surface area contributed by atoms with Crippen LogP contribution in [-0.2, 0) is 6.61 Å². The SMILES string of the molecule is Fc1ccc(COn2ccc(C3CCNCC3)n2)cc1. The van der Waals surface area contributed by atoms with Gasteiger partial charge in [-0.1, -0.05) is 12.1 Å². The number of rotatable bonds is 4. The second kappa shape index (κ2) is 6.05. The van der Waals surface area contributed by atoms with Gasteiger partial charge in [0.05, 0.1) is 11.9 Å². The van der Waals surface area contributed by atoms with Crippen molar-refractivity contribution in [3.63, 3.8) is 0 Å². The minimum atomic E-state index is -0.235. The van der Waals surface area contributed by atoms with E-state index in [0.29, 0.717) is 12.5 Å². The molecule has 0 bridgehead atoms. The summed E-state index contributed by atoms with van der Waals surface area (Å²) in [4.78, 5) is 7.07. The highest BCUT2D eigenvalue weighted by atomic mass is 19.1. The summed E-state index contributed by atoms with van der Waals surface area (Å²) in [6, 6.07) is 8.31. The van der Waals surface area contributed by atoms with Crippen molar-refractivity contribution in [2.45, 2.75) is 25.4 Å². The molecule has 0 aliphatic carbocycles. The monoisotopic (exact) mass is 275 g/mol. The Morgan fingerprint density at radius 2 is 1.95 bits per heavy atom. The summed E-state index contributed by atoms with van der Waals surface area (Å²) in [6.45, 7) is 2.48. The van der Waals surface area contributed by atoms with Gasteiger partial charge in [0.15, 0.2) is 0 Å². The third-order valence-corrected chi connectivity index (χ3v) is 3.62. The number of piperidine rings is 1. The fourth-order valence-electron chi connectivity index (χ4n) is 2.45. The Kier molecular flexibility index (Phi) is 3.97. The van der Waals surface area contributed by atoms with E-state index in [-0.39, 0.29) is 5.82 Å². The van der Waals surface area contributed by atoms with Crippen molar-refractivity contribution >= 4 is 0 Å². The molecule has 106 valence electrons. The Morgan fingerprint density at radius 3 is 2.70 bits per heavy atom. The number of benzene rings is 1. The van der Waals surface area contributed by atoms with E-state index < -0.39 is 0 Å². The molecule has 1 saturated heterocycles. The minimum absolute atomic E-state index is 0.235. The molecule has 0 spiro atoms. The van der Waals surface area contributed by atoms with Gasteiger partial charge in [0.2, 0.25) is 0 Å². The van der Waals surface area contributed by atoms with Gasteiger partial charge in [-0.15, -0.1) is 9.94 Å². The van der Waals surface area contributed by atoms with E-state index in [2.05, 4.69) is 10.4 Å². The third-order valence-electron chi connectivity index (χ3n) is 3.62. The quantitative estimate of drug-likeness (QED) is 0.929. The summed E-state index contributed by atoms with van der Waals surface area (Å²) in [5, 5.41) is 7.81. The molecule has 1 aromatic carbocycles. The lowest BCUT2D eigenvalue weighted by molar-refractivity contribution is 0.0687. The first-order chi connectivity index (χ1) is 9.81. The van der Waals surface area contributed by atoms with Crippen LogP contribution in [0.15, 0.2) is 36.5 Å². The zero-order chi connectivity index (χ0) is 13.8. The predicted octanol–water partition coefficient (Wildman–Crippen LogP) is 2.12. The molecule has 0 amide bonds. The largest absolute Gasteiger partial charge is 0.392 e. The van der Waals surface area contributed by atoms with E-state index >= 15 is 0 Å². The molecule has 1 aliphatic heterocycles. The summed E-state index contributed by atoms with van der Waals surface area (Å²) in [6.07, 6.45) is 4.07. The normalized spacial score (nSPS) is 16.2. The van der Waals surface area contributed by atoms with Crippen molar-refractivity contribution in [1.82, 2.24) is 15.3 Å². The molecule has 2 heterocycles. The van der Waals surface area contributed by atoms with Gasteiger partial charge in [-0.3, -0.25) is 0 Å². The van der Waals surface area contributed by atoms with E-state index in [0.717, 1.165) is 37.2 Å². The Balaban J connectivity index is 1.58. The summed E-state index contributed by atoms with van der Waals surface area (Å²) >= 11 is 0. The first-order valence-electron chi connectivity index (χ1n) is 6.95. The molecule has 0 atom stereocenters. The number of nitrogens with zero attached hydrogens (tertiary/aromatic N) is 2. The Labute approximate surface area is 117 Å². The van der Waals surface area contributed by atoms with Crippen molar-refractivity contribution in [3.8, 4) is 0 Å². The molecule has 1 aliphatic rings. The number of hydrogen-bond acceptors (Lipinski definition) is 3. The zero-order valence-corrected chi connectivity index (χ0v) is 11.3. The van der Waals surface area contributed by atoms with E-state index in [1.165, 1.54) is 17.0 Å². The average molecular weight is 275 g/mol. The number of hydrogen-bond donors (Lipinski definition) is 1. The first kappa shape index (κ1) is 13.1. The van der Waals surface area contributed by atoms with Gasteiger partial charge in [-0.05, 0) is 49.7 Å². The van der Waals surface area contributed by atoms with Crippen molar-refractivity contribution < 1.29 is 9.23 Å². The van der Waals surface area contributed by atoms with Gasteiger partial charge >= 0.3 is 0 Å². The number of aromatic nitrogens is 2. The zero-order valence-electron chi connectivity index (χ0n) is 11.3. The summed E-state index contributed by atoms with van der Waals surface area (Å²) in [5.74, 6) is 0.285. The molecule has 1 aromatic heterocycles. The molecule has 20 heavy (non-hydrogen) atoms. The van der Waals surface area contributed by atoms with Crippen LogP contribution in [0.5, 0.6) is 0 Å². The second-order valence-corrected chi connectivity index (χ2v) is 5.07. The second-order valence-electron chi connectivity index (χ2n) is 5.07. The molecule has 1 N–H and O–H groups in total. The van der Waals surface area contributed by atoms with Crippen LogP contribution in [0.2, 0.25) is 0 Å². The van der Waals surface area contributed by atoms with Gasteiger partial charge in [0.25, 0.3) is 0 Å². The molecule has 2 aromatic rings. The average Bonchev–Trinajstić information content (AvgIpc) is 2.97. The van der Waals surface area contributed by atoms with Crippen molar-refractivity contribution in [1.29, 1.82) is 0 Å². The lowest BCUT2D eigenvalue weighted by Crippen LogP contribution is -2.27. The van der Waals surface area contributed by atoms with Crippen LogP contribution in [0.3, 0.4) is 0 Å². The minimum Gasteiger partial charge on any atom is -0.392 e. The summed E-state index contributed by atoms with van der Waals surface area (Å²) in [7, 11) is 0. The lowest BCUT2D eigenvalue weighted by atomic mass is 9.95. The van der Waals surface area contributed by atoms with Crippen LogP contribution >= 0.6 is 0 Å². The van der Waals surface area contributed by atoms with Crippen molar-refractivity contribution in [3.05, 3.63) is 53.6 Å². The smallest absolute Gasteiger partial charge is 0.142 e. The maximum Gasteiger partial charge on any atom is 0.142 e. The topological polar surface area (TPSA) is 39.1 Å². The number of nitrogens with one attached hydrogen (secondary N) is 1. The van der Waals surface area contributed by atoms with Crippen LogP contribution in [0, 0.1) is 5.82 Å². The van der Waals surface area contributed by atoms with E-state index in [4.69, 9.17) is 4.84 Å². The Bertz CT molecular complexity index is 547. The van der Waals surface area contributed by atoms with Crippen molar-refractivity contribution in [2.75, 3.05) is 13.1 Å². The van der Waals surface area contributed by atoms with Gasteiger partial charge in [0.1, 0.15) is 12.4 Å². The predicted molar refractivity (Wildman–Crippen MR) is 73.8 cm³/mol. The third kappa shape index (κ3) is 3.17. The highest BCUT2D eigenvalue weighted by Gasteiger charge is 2.17. The maximum absolute atomic E-state index is 12.8. The summed E-state index contributed by atoms with van der Waals surface area (Å²) in [5.41, 5.74) is 2.01. The van der Waals surface area contributed by atoms with Gasteiger partial charge in [-0.2, -0.15) is 0 Å². The fourth-order valence-corrected chi connectivity index (χ4v) is 2.45. The highest BCUT2D eigenvalue weighted by molar-refractivity contribution is 5.15. The standard InChI is InChI=1S/C15H18FN3O/c16-14-3-1-12(2-4-14)11-20-19-10-7-15(18-19)13-5-8-17-9-6-13/h1-4,7,10,13,17H,5-6,8-9,11H2. The first-order valence-corrected chi connectivity index (χ1v) is 6.95. The fraction of sp³-hybridized carbons (Fsp3) is 0.400. The molecular formula is C15H18FN3O. The van der Waals surface area contributed by atoms with Gasteiger partial charge in [-0.25, -0.2) is 4.39 Å². The Morgan fingerprint density at radius 1 is 1.20 bits per heavy atom. The molecule has 0 saturated carbocycles. The van der Waals surface area contributed by atoms with E-state index in [9.17, 15) is 4.39 Å². The molecule has 5 heteroatoms. The molecule has 3 rings (SSSR count). The van der Waals surface area contributed by atoms with Crippen LogP contribution in [-0.4, -0.2) is 23.0 Å². The van der Waals surface area contributed by atoms with Crippen molar-refractivity contribution in [2.24, 2.45) is 0 Å².